The van der Waals surface area contributed by atoms with Crippen molar-refractivity contribution in [3.8, 4) is 5.75 Å². The van der Waals surface area contributed by atoms with E-state index in [4.69, 9.17) is 16.3 Å². The maximum absolute atomic E-state index is 12.7. The topological polar surface area (TPSA) is 67.4 Å². The van der Waals surface area contributed by atoms with Crippen LogP contribution in [0, 0.1) is 5.82 Å². The highest BCUT2D eigenvalue weighted by molar-refractivity contribution is 6.31. The van der Waals surface area contributed by atoms with E-state index in [1.807, 2.05) is 0 Å². The van der Waals surface area contributed by atoms with E-state index in [1.54, 1.807) is 24.3 Å². The molecule has 0 heterocycles. The third-order valence-corrected chi connectivity index (χ3v) is 3.20. The third kappa shape index (κ3) is 5.60. The van der Waals surface area contributed by atoms with Crippen molar-refractivity contribution in [3.63, 3.8) is 0 Å². The molecule has 0 spiro atoms. The van der Waals surface area contributed by atoms with Crippen LogP contribution in [0.25, 0.3) is 0 Å². The van der Waals surface area contributed by atoms with E-state index in [2.05, 4.69) is 10.9 Å². The largest absolute Gasteiger partial charge is 0.484 e. The first-order chi connectivity index (χ1) is 11.0. The minimum absolute atomic E-state index is 0.0404. The van der Waals surface area contributed by atoms with Crippen LogP contribution in [0.1, 0.15) is 5.56 Å². The van der Waals surface area contributed by atoms with Crippen molar-refractivity contribution in [3.05, 3.63) is 64.9 Å². The first kappa shape index (κ1) is 16.8. The summed E-state index contributed by atoms with van der Waals surface area (Å²) in [6, 6.07) is 12.2. The Morgan fingerprint density at radius 1 is 1.00 bits per heavy atom. The standard InChI is InChI=1S/C16H14ClFN2O3/c17-14-4-2-1-3-11(14)9-15(21)19-20-16(22)10-23-13-7-5-12(18)6-8-13/h1-8H,9-10H2,(H,19,21)(H,20,22). The molecule has 2 N–H and O–H groups in total. The summed E-state index contributed by atoms with van der Waals surface area (Å²) in [6.45, 7) is -0.308. The smallest absolute Gasteiger partial charge is 0.276 e. The number of hydrazine groups is 1. The number of halogens is 2. The molecule has 2 rings (SSSR count). The molecule has 2 aromatic rings. The Morgan fingerprint density at radius 3 is 2.35 bits per heavy atom. The summed E-state index contributed by atoms with van der Waals surface area (Å²) in [5.41, 5.74) is 5.15. The molecule has 0 aromatic heterocycles. The molecule has 0 saturated carbocycles. The van der Waals surface area contributed by atoms with Gasteiger partial charge in [-0.3, -0.25) is 20.4 Å². The minimum atomic E-state index is -0.540. The zero-order chi connectivity index (χ0) is 16.7. The van der Waals surface area contributed by atoms with Gasteiger partial charge in [-0.25, -0.2) is 4.39 Å². The molecule has 2 aromatic carbocycles. The lowest BCUT2D eigenvalue weighted by Crippen LogP contribution is -2.44. The molecule has 0 aliphatic rings. The quantitative estimate of drug-likeness (QED) is 0.823. The molecule has 0 aliphatic heterocycles. The Balaban J connectivity index is 1.72. The first-order valence-electron chi connectivity index (χ1n) is 6.74. The number of nitrogens with one attached hydrogen (secondary N) is 2. The van der Waals surface area contributed by atoms with Gasteiger partial charge in [0.15, 0.2) is 6.61 Å². The van der Waals surface area contributed by atoms with E-state index in [1.165, 1.54) is 24.3 Å². The normalized spacial score (nSPS) is 10.0. The molecule has 120 valence electrons. The van der Waals surface area contributed by atoms with Gasteiger partial charge >= 0.3 is 0 Å². The highest BCUT2D eigenvalue weighted by Crippen LogP contribution is 2.15. The summed E-state index contributed by atoms with van der Waals surface area (Å²) in [7, 11) is 0. The van der Waals surface area contributed by atoms with Crippen molar-refractivity contribution in [1.29, 1.82) is 0 Å². The molecular weight excluding hydrogens is 323 g/mol. The van der Waals surface area contributed by atoms with Crippen LogP contribution in [0.2, 0.25) is 5.02 Å². The zero-order valence-electron chi connectivity index (χ0n) is 12.0. The molecule has 2 amide bonds. The Hall–Kier alpha value is -2.60. The highest BCUT2D eigenvalue weighted by Gasteiger charge is 2.08. The van der Waals surface area contributed by atoms with Gasteiger partial charge in [-0.05, 0) is 35.9 Å². The van der Waals surface area contributed by atoms with Gasteiger partial charge in [0, 0.05) is 5.02 Å². The van der Waals surface area contributed by atoms with E-state index < -0.39 is 17.6 Å². The third-order valence-electron chi connectivity index (χ3n) is 2.83. The van der Waals surface area contributed by atoms with Crippen LogP contribution in [0.3, 0.4) is 0 Å². The van der Waals surface area contributed by atoms with Gasteiger partial charge in [0.25, 0.3) is 5.91 Å². The molecule has 0 unspecified atom stereocenters. The molecule has 0 fully saturated rings. The van der Waals surface area contributed by atoms with E-state index in [-0.39, 0.29) is 13.0 Å². The number of hydrogen-bond acceptors (Lipinski definition) is 3. The van der Waals surface area contributed by atoms with Gasteiger partial charge < -0.3 is 4.74 Å². The van der Waals surface area contributed by atoms with E-state index >= 15 is 0 Å². The average Bonchev–Trinajstić information content (AvgIpc) is 2.54. The highest BCUT2D eigenvalue weighted by atomic mass is 35.5. The Labute approximate surface area is 137 Å². The molecule has 0 saturated heterocycles. The second-order valence-corrected chi connectivity index (χ2v) is 5.01. The molecule has 7 heteroatoms. The second-order valence-electron chi connectivity index (χ2n) is 4.61. The van der Waals surface area contributed by atoms with Crippen LogP contribution in [0.5, 0.6) is 5.75 Å². The van der Waals surface area contributed by atoms with Gasteiger partial charge in [0.1, 0.15) is 11.6 Å². The predicted octanol–water partition coefficient (Wildman–Crippen LogP) is 2.25. The summed E-state index contributed by atoms with van der Waals surface area (Å²) < 4.78 is 17.9. The maximum atomic E-state index is 12.7. The Morgan fingerprint density at radius 2 is 1.65 bits per heavy atom. The van der Waals surface area contributed by atoms with Gasteiger partial charge in [-0.1, -0.05) is 29.8 Å². The number of carbonyl (C=O) groups is 2. The average molecular weight is 337 g/mol. The first-order valence-corrected chi connectivity index (χ1v) is 7.12. The van der Waals surface area contributed by atoms with Crippen molar-refractivity contribution < 1.29 is 18.7 Å². The van der Waals surface area contributed by atoms with E-state index in [0.29, 0.717) is 16.3 Å². The van der Waals surface area contributed by atoms with Crippen LogP contribution in [0.15, 0.2) is 48.5 Å². The number of rotatable bonds is 5. The zero-order valence-corrected chi connectivity index (χ0v) is 12.8. The molecule has 0 aliphatic carbocycles. The lowest BCUT2D eigenvalue weighted by molar-refractivity contribution is -0.129. The summed E-state index contributed by atoms with van der Waals surface area (Å²) in [5, 5.41) is 0.480. The number of hydrogen-bond donors (Lipinski definition) is 2. The van der Waals surface area contributed by atoms with Crippen molar-refractivity contribution >= 4 is 23.4 Å². The Bertz CT molecular complexity index is 692. The molecule has 0 radical (unpaired) electrons. The Kier molecular flexibility index (Phi) is 5.94. The number of amides is 2. The minimum Gasteiger partial charge on any atom is -0.484 e. The van der Waals surface area contributed by atoms with Gasteiger partial charge in [0.05, 0.1) is 6.42 Å². The van der Waals surface area contributed by atoms with Gasteiger partial charge in [-0.15, -0.1) is 0 Å². The van der Waals surface area contributed by atoms with Crippen LogP contribution >= 0.6 is 11.6 Å². The van der Waals surface area contributed by atoms with Crippen LogP contribution < -0.4 is 15.6 Å². The fourth-order valence-electron chi connectivity index (χ4n) is 1.71. The van der Waals surface area contributed by atoms with Crippen LogP contribution in [-0.2, 0) is 16.0 Å². The summed E-state index contributed by atoms with van der Waals surface area (Å²) in [4.78, 5) is 23.3. The second kappa shape index (κ2) is 8.14. The van der Waals surface area contributed by atoms with Crippen molar-refractivity contribution in [2.24, 2.45) is 0 Å². The maximum Gasteiger partial charge on any atom is 0.276 e. The van der Waals surface area contributed by atoms with Crippen molar-refractivity contribution in [1.82, 2.24) is 10.9 Å². The van der Waals surface area contributed by atoms with Gasteiger partial charge in [-0.2, -0.15) is 0 Å². The monoisotopic (exact) mass is 336 g/mol. The van der Waals surface area contributed by atoms with E-state index in [9.17, 15) is 14.0 Å². The van der Waals surface area contributed by atoms with E-state index in [0.717, 1.165) is 0 Å². The summed E-state index contributed by atoms with van der Waals surface area (Å²) in [5.74, 6) is -0.993. The lowest BCUT2D eigenvalue weighted by atomic mass is 10.1. The molecule has 0 atom stereocenters. The number of ether oxygens (including phenoxy) is 1. The molecule has 5 nitrogen and oxygen atoms in total. The van der Waals surface area contributed by atoms with Crippen molar-refractivity contribution in [2.45, 2.75) is 6.42 Å². The van der Waals surface area contributed by atoms with Crippen molar-refractivity contribution in [2.75, 3.05) is 6.61 Å². The van der Waals surface area contributed by atoms with Gasteiger partial charge in [0.2, 0.25) is 5.91 Å². The lowest BCUT2D eigenvalue weighted by Gasteiger charge is -2.09. The predicted molar refractivity (Wildman–Crippen MR) is 83.3 cm³/mol. The summed E-state index contributed by atoms with van der Waals surface area (Å²) >= 11 is 5.95. The fourth-order valence-corrected chi connectivity index (χ4v) is 1.92. The molecule has 0 bridgehead atoms. The van der Waals surface area contributed by atoms with Crippen LogP contribution in [-0.4, -0.2) is 18.4 Å². The summed E-state index contributed by atoms with van der Waals surface area (Å²) in [6.07, 6.45) is 0.0404. The van der Waals surface area contributed by atoms with Crippen LogP contribution in [0.4, 0.5) is 4.39 Å². The fraction of sp³-hybridized carbons (Fsp3) is 0.125. The SMILES string of the molecule is O=C(COc1ccc(F)cc1)NNC(=O)Cc1ccccc1Cl. The molecular formula is C16H14ClFN2O3. The molecule has 23 heavy (non-hydrogen) atoms. The number of carbonyl (C=O) groups excluding carboxylic acids is 2. The number of benzene rings is 2.